The second-order valence-corrected chi connectivity index (χ2v) is 4.54. The summed E-state index contributed by atoms with van der Waals surface area (Å²) in [6.45, 7) is 1.42. The van der Waals surface area contributed by atoms with E-state index in [0.717, 1.165) is 11.7 Å². The van der Waals surface area contributed by atoms with Crippen molar-refractivity contribution in [3.63, 3.8) is 0 Å². The van der Waals surface area contributed by atoms with Crippen LogP contribution in [0.2, 0.25) is 5.02 Å². The molecule has 1 atom stereocenters. The zero-order valence-electron chi connectivity index (χ0n) is 8.66. The Hall–Kier alpha value is -0.730. The van der Waals surface area contributed by atoms with Gasteiger partial charge in [0.05, 0.1) is 6.61 Å². The highest BCUT2D eigenvalue weighted by Crippen LogP contribution is 2.36. The summed E-state index contributed by atoms with van der Waals surface area (Å²) in [6.07, 6.45) is 2.61. The van der Waals surface area contributed by atoms with Gasteiger partial charge in [-0.05, 0) is 43.5 Å². The van der Waals surface area contributed by atoms with Crippen LogP contribution in [0, 0.1) is 11.8 Å². The summed E-state index contributed by atoms with van der Waals surface area (Å²) in [5.74, 6) is 2.12. The van der Waals surface area contributed by atoms with Crippen LogP contribution in [0.15, 0.2) is 24.3 Å². The molecule has 1 aromatic rings. The van der Waals surface area contributed by atoms with Gasteiger partial charge in [-0.1, -0.05) is 17.7 Å². The monoisotopic (exact) mass is 225 g/mol. The summed E-state index contributed by atoms with van der Waals surface area (Å²) in [4.78, 5) is 0. The maximum atomic E-state index is 5.86. The van der Waals surface area contributed by atoms with Crippen LogP contribution < -0.4 is 10.5 Å². The lowest BCUT2D eigenvalue weighted by Gasteiger charge is -2.14. The van der Waals surface area contributed by atoms with Crippen molar-refractivity contribution in [3.8, 4) is 5.75 Å². The molecule has 0 amide bonds. The van der Waals surface area contributed by atoms with Crippen molar-refractivity contribution < 1.29 is 4.74 Å². The van der Waals surface area contributed by atoms with Gasteiger partial charge in [0.2, 0.25) is 0 Å². The van der Waals surface area contributed by atoms with Crippen LogP contribution in [0.5, 0.6) is 5.75 Å². The topological polar surface area (TPSA) is 35.2 Å². The van der Waals surface area contributed by atoms with Crippen LogP contribution in [0.4, 0.5) is 0 Å². The molecule has 1 aliphatic carbocycles. The number of benzene rings is 1. The normalized spacial score (nSPS) is 17.5. The first-order valence-electron chi connectivity index (χ1n) is 5.38. The quantitative estimate of drug-likeness (QED) is 0.837. The number of rotatable bonds is 5. The number of hydrogen-bond donors (Lipinski definition) is 1. The number of hydrogen-bond acceptors (Lipinski definition) is 2. The van der Waals surface area contributed by atoms with Gasteiger partial charge in [0.25, 0.3) is 0 Å². The molecule has 0 bridgehead atoms. The molecule has 0 aromatic heterocycles. The smallest absolute Gasteiger partial charge is 0.120 e. The van der Waals surface area contributed by atoms with E-state index in [1.807, 2.05) is 24.3 Å². The van der Waals surface area contributed by atoms with E-state index >= 15 is 0 Å². The van der Waals surface area contributed by atoms with Crippen molar-refractivity contribution in [2.75, 3.05) is 13.2 Å². The van der Waals surface area contributed by atoms with Gasteiger partial charge in [0.15, 0.2) is 0 Å². The van der Waals surface area contributed by atoms with E-state index in [4.69, 9.17) is 22.1 Å². The summed E-state index contributed by atoms with van der Waals surface area (Å²) >= 11 is 5.86. The van der Waals surface area contributed by atoms with Gasteiger partial charge in [0.1, 0.15) is 5.75 Å². The molecule has 82 valence electrons. The van der Waals surface area contributed by atoms with Crippen molar-refractivity contribution in [3.05, 3.63) is 29.3 Å². The molecule has 15 heavy (non-hydrogen) atoms. The van der Waals surface area contributed by atoms with Crippen molar-refractivity contribution in [2.45, 2.75) is 12.8 Å². The third-order valence-electron chi connectivity index (χ3n) is 2.85. The Morgan fingerprint density at radius 1 is 1.47 bits per heavy atom. The number of nitrogens with two attached hydrogens (primary N) is 1. The first-order chi connectivity index (χ1) is 7.29. The van der Waals surface area contributed by atoms with E-state index in [9.17, 15) is 0 Å². The SMILES string of the molecule is NCC(COc1cccc(Cl)c1)C1CC1. The molecule has 0 spiro atoms. The molecule has 2 nitrogen and oxygen atoms in total. The molecule has 1 aromatic carbocycles. The average Bonchev–Trinajstić information content (AvgIpc) is 3.03. The Bertz CT molecular complexity index is 325. The van der Waals surface area contributed by atoms with Crippen molar-refractivity contribution >= 4 is 11.6 Å². The lowest BCUT2D eigenvalue weighted by molar-refractivity contribution is 0.236. The zero-order chi connectivity index (χ0) is 10.7. The first kappa shape index (κ1) is 10.8. The standard InChI is InChI=1S/C12H16ClNO/c13-11-2-1-3-12(6-11)15-8-10(7-14)9-4-5-9/h1-3,6,9-10H,4-5,7-8,14H2. The molecule has 0 heterocycles. The fraction of sp³-hybridized carbons (Fsp3) is 0.500. The van der Waals surface area contributed by atoms with Crippen LogP contribution in [-0.4, -0.2) is 13.2 Å². The minimum absolute atomic E-state index is 0.504. The van der Waals surface area contributed by atoms with Gasteiger partial charge in [0, 0.05) is 10.9 Å². The fourth-order valence-corrected chi connectivity index (χ4v) is 1.90. The van der Waals surface area contributed by atoms with Crippen molar-refractivity contribution in [2.24, 2.45) is 17.6 Å². The molecule has 1 saturated carbocycles. The van der Waals surface area contributed by atoms with Gasteiger partial charge < -0.3 is 10.5 Å². The Morgan fingerprint density at radius 2 is 2.27 bits per heavy atom. The van der Waals surface area contributed by atoms with E-state index in [1.54, 1.807) is 0 Å². The van der Waals surface area contributed by atoms with E-state index in [2.05, 4.69) is 0 Å². The summed E-state index contributed by atoms with van der Waals surface area (Å²) in [5.41, 5.74) is 5.70. The number of halogens is 1. The predicted molar refractivity (Wildman–Crippen MR) is 62.2 cm³/mol. The Balaban J connectivity index is 1.86. The highest BCUT2D eigenvalue weighted by Gasteiger charge is 2.30. The molecular weight excluding hydrogens is 210 g/mol. The van der Waals surface area contributed by atoms with Gasteiger partial charge in [-0.15, -0.1) is 0 Å². The maximum Gasteiger partial charge on any atom is 0.120 e. The third kappa shape index (κ3) is 3.11. The first-order valence-corrected chi connectivity index (χ1v) is 5.76. The minimum atomic E-state index is 0.504. The van der Waals surface area contributed by atoms with Gasteiger partial charge in [-0.2, -0.15) is 0 Å². The van der Waals surface area contributed by atoms with Crippen molar-refractivity contribution in [1.82, 2.24) is 0 Å². The van der Waals surface area contributed by atoms with Crippen LogP contribution in [0.3, 0.4) is 0 Å². The molecule has 2 rings (SSSR count). The molecule has 2 N–H and O–H groups in total. The Morgan fingerprint density at radius 3 is 2.87 bits per heavy atom. The molecule has 0 saturated heterocycles. The molecule has 1 fully saturated rings. The second-order valence-electron chi connectivity index (χ2n) is 4.10. The maximum absolute atomic E-state index is 5.86. The molecule has 3 heteroatoms. The summed E-state index contributed by atoms with van der Waals surface area (Å²) < 4.78 is 5.68. The molecular formula is C12H16ClNO. The van der Waals surface area contributed by atoms with Crippen LogP contribution in [0.1, 0.15) is 12.8 Å². The largest absolute Gasteiger partial charge is 0.493 e. The molecule has 1 unspecified atom stereocenters. The zero-order valence-corrected chi connectivity index (χ0v) is 9.41. The van der Waals surface area contributed by atoms with E-state index < -0.39 is 0 Å². The van der Waals surface area contributed by atoms with Gasteiger partial charge in [-0.25, -0.2) is 0 Å². The lowest BCUT2D eigenvalue weighted by atomic mass is 10.1. The highest BCUT2D eigenvalue weighted by atomic mass is 35.5. The van der Waals surface area contributed by atoms with E-state index in [-0.39, 0.29) is 0 Å². The third-order valence-corrected chi connectivity index (χ3v) is 3.09. The highest BCUT2D eigenvalue weighted by molar-refractivity contribution is 6.30. The van der Waals surface area contributed by atoms with Crippen LogP contribution in [-0.2, 0) is 0 Å². The Kier molecular flexibility index (Phi) is 3.49. The summed E-state index contributed by atoms with van der Waals surface area (Å²) in [5, 5.41) is 0.711. The predicted octanol–water partition coefficient (Wildman–Crippen LogP) is 2.70. The van der Waals surface area contributed by atoms with Crippen molar-refractivity contribution in [1.29, 1.82) is 0 Å². The fourth-order valence-electron chi connectivity index (χ4n) is 1.72. The van der Waals surface area contributed by atoms with Crippen LogP contribution in [0.25, 0.3) is 0 Å². The summed E-state index contributed by atoms with van der Waals surface area (Å²) in [7, 11) is 0. The average molecular weight is 226 g/mol. The molecule has 0 radical (unpaired) electrons. The van der Waals surface area contributed by atoms with Gasteiger partial charge in [-0.3, -0.25) is 0 Å². The Labute approximate surface area is 95.4 Å². The van der Waals surface area contributed by atoms with Crippen LogP contribution >= 0.6 is 11.6 Å². The molecule has 1 aliphatic rings. The van der Waals surface area contributed by atoms with E-state index in [0.29, 0.717) is 24.1 Å². The van der Waals surface area contributed by atoms with E-state index in [1.165, 1.54) is 12.8 Å². The lowest BCUT2D eigenvalue weighted by Crippen LogP contribution is -2.23. The minimum Gasteiger partial charge on any atom is -0.493 e. The van der Waals surface area contributed by atoms with Gasteiger partial charge >= 0.3 is 0 Å². The second kappa shape index (κ2) is 4.86. The number of ether oxygens (including phenoxy) is 1. The molecule has 0 aliphatic heterocycles. The summed E-state index contributed by atoms with van der Waals surface area (Å²) in [6, 6.07) is 7.50.